The zero-order valence-electron chi connectivity index (χ0n) is 11.1. The average Bonchev–Trinajstić information content (AvgIpc) is 2.45. The first kappa shape index (κ1) is 13.6. The Kier molecular flexibility index (Phi) is 6.24. The monoisotopic (exact) mass is 248 g/mol. The topological polar surface area (TPSA) is 18.5 Å². The van der Waals surface area contributed by atoms with Gasteiger partial charge in [0, 0.05) is 6.61 Å². The van der Waals surface area contributed by atoms with Crippen molar-refractivity contribution in [3.63, 3.8) is 0 Å². The molecule has 100 valence electrons. The summed E-state index contributed by atoms with van der Waals surface area (Å²) in [5.74, 6) is 0.799. The fourth-order valence-electron chi connectivity index (χ4n) is 2.49. The molecular weight excluding hydrogens is 224 g/mol. The molecule has 1 aliphatic rings. The molecule has 1 fully saturated rings. The van der Waals surface area contributed by atoms with Crippen LogP contribution in [0.25, 0.3) is 0 Å². The molecule has 0 aromatic heterocycles. The van der Waals surface area contributed by atoms with Gasteiger partial charge in [0.15, 0.2) is 0 Å². The van der Waals surface area contributed by atoms with Crippen LogP contribution in [0.1, 0.15) is 37.7 Å². The summed E-state index contributed by atoms with van der Waals surface area (Å²) in [6, 6.07) is 10.3. The molecule has 0 aliphatic heterocycles. The molecule has 0 unspecified atom stereocenters. The van der Waals surface area contributed by atoms with E-state index in [-0.39, 0.29) is 0 Å². The van der Waals surface area contributed by atoms with Gasteiger partial charge < -0.3 is 9.47 Å². The first-order chi connectivity index (χ1) is 8.95. The minimum absolute atomic E-state index is 0.688. The smallest absolute Gasteiger partial charge is 0.0718 e. The summed E-state index contributed by atoms with van der Waals surface area (Å²) in [7, 11) is 0. The Morgan fingerprint density at radius 3 is 2.39 bits per heavy atom. The summed E-state index contributed by atoms with van der Waals surface area (Å²) in [5, 5.41) is 0. The zero-order valence-corrected chi connectivity index (χ0v) is 11.1. The highest BCUT2D eigenvalue weighted by molar-refractivity contribution is 5.13. The molecule has 18 heavy (non-hydrogen) atoms. The second-order valence-electron chi connectivity index (χ2n) is 5.12. The maximum atomic E-state index is 5.69. The second kappa shape index (κ2) is 8.28. The highest BCUT2D eigenvalue weighted by Crippen LogP contribution is 2.23. The van der Waals surface area contributed by atoms with Gasteiger partial charge >= 0.3 is 0 Å². The first-order valence-corrected chi connectivity index (χ1v) is 7.14. The summed E-state index contributed by atoms with van der Waals surface area (Å²) in [6.07, 6.45) is 6.89. The van der Waals surface area contributed by atoms with Crippen molar-refractivity contribution in [1.29, 1.82) is 0 Å². The lowest BCUT2D eigenvalue weighted by molar-refractivity contribution is 0.0223. The fourth-order valence-corrected chi connectivity index (χ4v) is 2.49. The van der Waals surface area contributed by atoms with Crippen LogP contribution in [0, 0.1) is 5.92 Å². The van der Waals surface area contributed by atoms with Crippen LogP contribution in [0.5, 0.6) is 0 Å². The van der Waals surface area contributed by atoms with Crippen LogP contribution < -0.4 is 0 Å². The van der Waals surface area contributed by atoms with Crippen LogP contribution in [0.2, 0.25) is 0 Å². The largest absolute Gasteiger partial charge is 0.379 e. The standard InChI is InChI=1S/C16H24O2/c1-3-7-15(8-4-1)13-17-11-12-18-14-16-9-5-2-6-10-16/h1,3-4,7-8,16H,2,5-6,9-14H2. The van der Waals surface area contributed by atoms with E-state index in [2.05, 4.69) is 12.1 Å². The van der Waals surface area contributed by atoms with Crippen molar-refractivity contribution in [1.82, 2.24) is 0 Å². The molecule has 0 saturated heterocycles. The van der Waals surface area contributed by atoms with E-state index in [1.54, 1.807) is 0 Å². The van der Waals surface area contributed by atoms with E-state index >= 15 is 0 Å². The van der Waals surface area contributed by atoms with E-state index < -0.39 is 0 Å². The van der Waals surface area contributed by atoms with Crippen molar-refractivity contribution in [2.75, 3.05) is 19.8 Å². The van der Waals surface area contributed by atoms with Gasteiger partial charge in [-0.15, -0.1) is 0 Å². The quantitative estimate of drug-likeness (QED) is 0.683. The Bertz CT molecular complexity index is 304. The molecule has 1 aromatic carbocycles. The number of ether oxygens (including phenoxy) is 2. The van der Waals surface area contributed by atoms with Crippen LogP contribution >= 0.6 is 0 Å². The van der Waals surface area contributed by atoms with Crippen molar-refractivity contribution < 1.29 is 9.47 Å². The predicted molar refractivity (Wildman–Crippen MR) is 73.5 cm³/mol. The summed E-state index contributed by atoms with van der Waals surface area (Å²) in [4.78, 5) is 0. The van der Waals surface area contributed by atoms with Gasteiger partial charge in [0.25, 0.3) is 0 Å². The fraction of sp³-hybridized carbons (Fsp3) is 0.625. The Labute approximate surface area is 110 Å². The van der Waals surface area contributed by atoms with Gasteiger partial charge in [-0.2, -0.15) is 0 Å². The maximum Gasteiger partial charge on any atom is 0.0718 e. The molecule has 2 rings (SSSR count). The second-order valence-corrected chi connectivity index (χ2v) is 5.12. The molecule has 0 bridgehead atoms. The lowest BCUT2D eigenvalue weighted by Gasteiger charge is -2.21. The summed E-state index contributed by atoms with van der Waals surface area (Å²) < 4.78 is 11.3. The molecule has 0 radical (unpaired) electrons. The van der Waals surface area contributed by atoms with E-state index in [0.29, 0.717) is 13.2 Å². The number of benzene rings is 1. The van der Waals surface area contributed by atoms with Crippen LogP contribution in [0.15, 0.2) is 30.3 Å². The molecular formula is C16H24O2. The highest BCUT2D eigenvalue weighted by atomic mass is 16.5. The van der Waals surface area contributed by atoms with Crippen molar-refractivity contribution in [2.24, 2.45) is 5.92 Å². The maximum absolute atomic E-state index is 5.69. The van der Waals surface area contributed by atoms with Gasteiger partial charge in [-0.25, -0.2) is 0 Å². The molecule has 0 N–H and O–H groups in total. The number of hydrogen-bond acceptors (Lipinski definition) is 2. The molecule has 1 aromatic rings. The first-order valence-electron chi connectivity index (χ1n) is 7.14. The Morgan fingerprint density at radius 2 is 1.61 bits per heavy atom. The molecule has 0 heterocycles. The van der Waals surface area contributed by atoms with Crippen molar-refractivity contribution in [2.45, 2.75) is 38.7 Å². The van der Waals surface area contributed by atoms with Gasteiger partial charge in [-0.05, 0) is 24.3 Å². The van der Waals surface area contributed by atoms with Crippen molar-refractivity contribution >= 4 is 0 Å². The molecule has 0 amide bonds. The van der Waals surface area contributed by atoms with Gasteiger partial charge in [-0.3, -0.25) is 0 Å². The van der Waals surface area contributed by atoms with Gasteiger partial charge in [-0.1, -0.05) is 49.6 Å². The van der Waals surface area contributed by atoms with E-state index in [4.69, 9.17) is 9.47 Å². The van der Waals surface area contributed by atoms with E-state index in [9.17, 15) is 0 Å². The normalized spacial score (nSPS) is 16.9. The molecule has 1 saturated carbocycles. The van der Waals surface area contributed by atoms with Gasteiger partial charge in [0.2, 0.25) is 0 Å². The predicted octanol–water partition coefficient (Wildman–Crippen LogP) is 3.80. The Hall–Kier alpha value is -0.860. The van der Waals surface area contributed by atoms with Gasteiger partial charge in [0.05, 0.1) is 19.8 Å². The molecule has 1 aliphatic carbocycles. The SMILES string of the molecule is c1ccc(COCCOCC2CCCCC2)cc1. The molecule has 2 heteroatoms. The summed E-state index contributed by atoms with van der Waals surface area (Å²) >= 11 is 0. The van der Waals surface area contributed by atoms with E-state index in [1.165, 1.54) is 37.7 Å². The molecule has 2 nitrogen and oxygen atoms in total. The minimum atomic E-state index is 0.688. The summed E-state index contributed by atoms with van der Waals surface area (Å²) in [6.45, 7) is 3.03. The van der Waals surface area contributed by atoms with Crippen LogP contribution in [0.4, 0.5) is 0 Å². The summed E-state index contributed by atoms with van der Waals surface area (Å²) in [5.41, 5.74) is 1.23. The van der Waals surface area contributed by atoms with Gasteiger partial charge in [0.1, 0.15) is 0 Å². The van der Waals surface area contributed by atoms with Crippen LogP contribution in [-0.4, -0.2) is 19.8 Å². The lowest BCUT2D eigenvalue weighted by atomic mass is 9.90. The third-order valence-corrected chi connectivity index (χ3v) is 3.56. The van der Waals surface area contributed by atoms with Crippen molar-refractivity contribution in [3.05, 3.63) is 35.9 Å². The zero-order chi connectivity index (χ0) is 12.5. The molecule has 0 spiro atoms. The number of hydrogen-bond donors (Lipinski definition) is 0. The van der Waals surface area contributed by atoms with E-state index in [0.717, 1.165) is 19.1 Å². The number of rotatable bonds is 7. The third-order valence-electron chi connectivity index (χ3n) is 3.56. The van der Waals surface area contributed by atoms with Crippen molar-refractivity contribution in [3.8, 4) is 0 Å². The van der Waals surface area contributed by atoms with Crippen LogP contribution in [-0.2, 0) is 16.1 Å². The molecule has 0 atom stereocenters. The highest BCUT2D eigenvalue weighted by Gasteiger charge is 2.12. The minimum Gasteiger partial charge on any atom is -0.379 e. The van der Waals surface area contributed by atoms with E-state index in [1.807, 2.05) is 18.2 Å². The average molecular weight is 248 g/mol. The Balaban J connectivity index is 1.46. The van der Waals surface area contributed by atoms with Crippen LogP contribution in [0.3, 0.4) is 0 Å². The third kappa shape index (κ3) is 5.19. The Morgan fingerprint density at radius 1 is 0.889 bits per heavy atom. The lowest BCUT2D eigenvalue weighted by Crippen LogP contribution is -2.15.